The third-order valence-electron chi connectivity index (χ3n) is 8.40. The van der Waals surface area contributed by atoms with Crippen LogP contribution in [0.15, 0.2) is 29.1 Å². The molecule has 0 radical (unpaired) electrons. The van der Waals surface area contributed by atoms with Gasteiger partial charge >= 0.3 is 11.7 Å². The number of aromatic nitrogens is 2. The molecule has 3 aliphatic heterocycles. The number of para-hydroxylation sites is 2. The number of β-amino-alcohol motifs (C(OH)–C–C–N with tert-alkyl or cyclic N) is 1. The van der Waals surface area contributed by atoms with Crippen LogP contribution in [0.4, 0.5) is 4.79 Å². The molecule has 1 aromatic heterocycles. The number of hydrogen-bond acceptors (Lipinski definition) is 7. The van der Waals surface area contributed by atoms with E-state index in [1.807, 2.05) is 38.1 Å². The van der Waals surface area contributed by atoms with Gasteiger partial charge in [-0.05, 0) is 51.7 Å². The van der Waals surface area contributed by atoms with E-state index in [1.165, 1.54) is 15.1 Å². The maximum atomic E-state index is 13.3. The Kier molecular flexibility index (Phi) is 7.71. The van der Waals surface area contributed by atoms with Crippen molar-refractivity contribution in [3.05, 3.63) is 34.7 Å². The molecule has 0 saturated carbocycles. The minimum absolute atomic E-state index is 0.0227. The van der Waals surface area contributed by atoms with Crippen molar-refractivity contribution in [2.45, 2.75) is 69.8 Å². The number of aliphatic hydroxyl groups excluding tert-OH is 1. The number of aliphatic hydroxyl groups is 1. The topological polar surface area (TPSA) is 120 Å². The molecular formula is C26H40N6O5S. The van der Waals surface area contributed by atoms with E-state index in [0.717, 1.165) is 31.2 Å². The minimum Gasteiger partial charge on any atom is -0.390 e. The molecule has 2 N–H and O–H groups in total. The van der Waals surface area contributed by atoms with Gasteiger partial charge < -0.3 is 10.4 Å². The van der Waals surface area contributed by atoms with E-state index in [1.54, 1.807) is 4.57 Å². The van der Waals surface area contributed by atoms with Crippen LogP contribution in [0.2, 0.25) is 0 Å². The molecule has 210 valence electrons. The summed E-state index contributed by atoms with van der Waals surface area (Å²) >= 11 is 0. The lowest BCUT2D eigenvalue weighted by Gasteiger charge is -2.41. The van der Waals surface area contributed by atoms with E-state index in [2.05, 4.69) is 15.1 Å². The zero-order valence-electron chi connectivity index (χ0n) is 22.5. The number of nitrogens with zero attached hydrogens (tertiary/aromatic N) is 5. The largest absolute Gasteiger partial charge is 0.390 e. The highest BCUT2D eigenvalue weighted by Crippen LogP contribution is 2.36. The van der Waals surface area contributed by atoms with Crippen molar-refractivity contribution in [3.63, 3.8) is 0 Å². The number of sulfonamides is 1. The molecule has 4 heterocycles. The van der Waals surface area contributed by atoms with Gasteiger partial charge in [-0.2, -0.15) is 4.31 Å². The molecule has 3 aliphatic rings. The highest BCUT2D eigenvalue weighted by molar-refractivity contribution is 7.88. The predicted octanol–water partition coefficient (Wildman–Crippen LogP) is 0.875. The first kappa shape index (κ1) is 27.3. The first-order chi connectivity index (χ1) is 18.0. The second-order valence-corrected chi connectivity index (χ2v) is 13.4. The second kappa shape index (κ2) is 10.7. The van der Waals surface area contributed by atoms with Gasteiger partial charge in [-0.3, -0.25) is 14.4 Å². The summed E-state index contributed by atoms with van der Waals surface area (Å²) in [6.07, 6.45) is 4.36. The molecule has 1 amide bonds. The second-order valence-electron chi connectivity index (χ2n) is 11.4. The van der Waals surface area contributed by atoms with Gasteiger partial charge in [0.1, 0.15) is 0 Å². The van der Waals surface area contributed by atoms with Crippen LogP contribution in [-0.4, -0.2) is 113 Å². The molecule has 1 aromatic carbocycles. The lowest BCUT2D eigenvalue weighted by atomic mass is 9.97. The van der Waals surface area contributed by atoms with Gasteiger partial charge in [-0.1, -0.05) is 12.1 Å². The smallest absolute Gasteiger partial charge is 0.337 e. The van der Waals surface area contributed by atoms with Crippen LogP contribution in [0.25, 0.3) is 11.0 Å². The summed E-state index contributed by atoms with van der Waals surface area (Å²) in [5.74, 6) is 0. The fraction of sp³-hybridized carbons (Fsp3) is 0.692. The number of carbonyl (C=O) groups is 1. The van der Waals surface area contributed by atoms with Crippen molar-refractivity contribution in [3.8, 4) is 0 Å². The maximum absolute atomic E-state index is 13.3. The lowest BCUT2D eigenvalue weighted by Crippen LogP contribution is -2.55. The Labute approximate surface area is 224 Å². The summed E-state index contributed by atoms with van der Waals surface area (Å²) < 4.78 is 27.9. The molecule has 11 nitrogen and oxygen atoms in total. The van der Waals surface area contributed by atoms with Gasteiger partial charge in [0.15, 0.2) is 0 Å². The summed E-state index contributed by atoms with van der Waals surface area (Å²) in [5.41, 5.74) is 1.05. The summed E-state index contributed by atoms with van der Waals surface area (Å²) in [6.45, 7) is 7.14. The third kappa shape index (κ3) is 5.42. The van der Waals surface area contributed by atoms with Gasteiger partial charge in [-0.25, -0.2) is 22.6 Å². The van der Waals surface area contributed by atoms with E-state index >= 15 is 0 Å². The number of benzene rings is 1. The molecule has 38 heavy (non-hydrogen) atoms. The van der Waals surface area contributed by atoms with Crippen LogP contribution in [0.5, 0.6) is 0 Å². The molecule has 3 fully saturated rings. The Morgan fingerprint density at radius 3 is 2.21 bits per heavy atom. The Bertz CT molecular complexity index is 1320. The molecule has 3 saturated heterocycles. The van der Waals surface area contributed by atoms with E-state index in [9.17, 15) is 23.1 Å². The Morgan fingerprint density at radius 2 is 1.63 bits per heavy atom. The van der Waals surface area contributed by atoms with Crippen molar-refractivity contribution >= 4 is 27.1 Å². The first-order valence-electron chi connectivity index (χ1n) is 13.7. The van der Waals surface area contributed by atoms with Gasteiger partial charge in [0.25, 0.3) is 0 Å². The fourth-order valence-electron chi connectivity index (χ4n) is 6.64. The van der Waals surface area contributed by atoms with E-state index in [-0.39, 0.29) is 35.9 Å². The average molecular weight is 549 g/mol. The van der Waals surface area contributed by atoms with Crippen molar-refractivity contribution in [2.24, 2.45) is 0 Å². The summed E-state index contributed by atoms with van der Waals surface area (Å²) in [4.78, 5) is 31.0. The molecule has 2 bridgehead atoms. The lowest BCUT2D eigenvalue weighted by molar-refractivity contribution is 0.0287. The quantitative estimate of drug-likeness (QED) is 0.527. The molecule has 0 aliphatic carbocycles. The van der Waals surface area contributed by atoms with Gasteiger partial charge in [-0.15, -0.1) is 0 Å². The fourth-order valence-corrected chi connectivity index (χ4v) is 7.46. The number of piperidine rings is 1. The normalized spacial score (nSPS) is 26.3. The summed E-state index contributed by atoms with van der Waals surface area (Å²) in [7, 11) is -3.17. The van der Waals surface area contributed by atoms with Crippen LogP contribution in [-0.2, 0) is 10.0 Å². The van der Waals surface area contributed by atoms with Gasteiger partial charge in [0.05, 0.1) is 23.4 Å². The van der Waals surface area contributed by atoms with Crippen LogP contribution >= 0.6 is 0 Å². The van der Waals surface area contributed by atoms with E-state index in [0.29, 0.717) is 44.8 Å². The minimum atomic E-state index is -3.17. The Hall–Kier alpha value is -2.25. The number of rotatable bonds is 7. The molecule has 12 heteroatoms. The van der Waals surface area contributed by atoms with Crippen LogP contribution in [0, 0.1) is 0 Å². The Morgan fingerprint density at radius 1 is 1.03 bits per heavy atom. The molecular weight excluding hydrogens is 508 g/mol. The summed E-state index contributed by atoms with van der Waals surface area (Å²) in [6, 6.07) is 7.50. The maximum Gasteiger partial charge on any atom is 0.337 e. The number of imidazole rings is 1. The van der Waals surface area contributed by atoms with Crippen molar-refractivity contribution < 1.29 is 18.3 Å². The SMILES string of the molecule is CC(C)n1c(=O)n(C(=O)NC2CC3CCC(C2)N3C[C@@H](O)CN2CCN(S(C)(=O)=O)CC2)c2ccccc21. The zero-order valence-corrected chi connectivity index (χ0v) is 23.3. The highest BCUT2D eigenvalue weighted by Gasteiger charge is 2.42. The number of piperazine rings is 1. The average Bonchev–Trinajstić information content (AvgIpc) is 3.26. The molecule has 5 rings (SSSR count). The first-order valence-corrected chi connectivity index (χ1v) is 15.5. The molecule has 2 unspecified atom stereocenters. The third-order valence-corrected chi connectivity index (χ3v) is 9.70. The van der Waals surface area contributed by atoms with Gasteiger partial charge in [0, 0.05) is 63.4 Å². The number of hydrogen-bond donors (Lipinski definition) is 2. The number of nitrogens with one attached hydrogen (secondary N) is 1. The summed E-state index contributed by atoms with van der Waals surface area (Å²) in [5, 5.41) is 14.0. The molecule has 0 spiro atoms. The van der Waals surface area contributed by atoms with E-state index in [4.69, 9.17) is 0 Å². The standard InChI is InChI=1S/C26H40N6O5S/c1-18(2)31-23-6-4-5-7-24(23)32(26(31)35)25(34)27-19-14-20-8-9-21(15-19)30(20)17-22(33)16-28-10-12-29(13-11-28)38(3,36)37/h4-7,18-22,33H,8-17H2,1-3H3,(H,27,34)/t19?,20?,21?,22-/m0/s1. The van der Waals surface area contributed by atoms with Crippen LogP contribution < -0.4 is 11.0 Å². The monoisotopic (exact) mass is 548 g/mol. The number of amides is 1. The van der Waals surface area contributed by atoms with Crippen molar-refractivity contribution in [1.29, 1.82) is 0 Å². The van der Waals surface area contributed by atoms with E-state index < -0.39 is 16.1 Å². The van der Waals surface area contributed by atoms with Crippen molar-refractivity contribution in [1.82, 2.24) is 28.6 Å². The number of fused-ring (bicyclic) bond motifs is 3. The Balaban J connectivity index is 1.18. The van der Waals surface area contributed by atoms with Crippen LogP contribution in [0.1, 0.15) is 45.6 Å². The number of carbonyl (C=O) groups excluding carboxylic acids is 1. The predicted molar refractivity (Wildman–Crippen MR) is 146 cm³/mol. The zero-order chi connectivity index (χ0) is 27.2. The molecule has 2 aromatic rings. The highest BCUT2D eigenvalue weighted by atomic mass is 32.2. The van der Waals surface area contributed by atoms with Crippen LogP contribution in [0.3, 0.4) is 0 Å². The van der Waals surface area contributed by atoms with Gasteiger partial charge in [0.2, 0.25) is 10.0 Å². The van der Waals surface area contributed by atoms with Crippen molar-refractivity contribution in [2.75, 3.05) is 45.5 Å². The molecule has 3 atom stereocenters.